The van der Waals surface area contributed by atoms with Crippen molar-refractivity contribution in [3.63, 3.8) is 0 Å². The van der Waals surface area contributed by atoms with Gasteiger partial charge in [0.15, 0.2) is 0 Å². The molecule has 2 N–H and O–H groups in total. The molecule has 0 aliphatic heterocycles. The number of aromatic nitrogens is 2. The van der Waals surface area contributed by atoms with Gasteiger partial charge in [-0.2, -0.15) is 0 Å². The maximum Gasteiger partial charge on any atom is 0.229 e. The van der Waals surface area contributed by atoms with E-state index < -0.39 is 8.96 Å². The van der Waals surface area contributed by atoms with Crippen LogP contribution in [0.3, 0.4) is 0 Å². The Morgan fingerprint density at radius 2 is 2.38 bits per heavy atom. The fourth-order valence-corrected chi connectivity index (χ4v) is 1.37. The number of rotatable bonds is 4. The van der Waals surface area contributed by atoms with Crippen LogP contribution >= 0.6 is 20.6 Å². The van der Waals surface area contributed by atoms with Crippen molar-refractivity contribution in [2.75, 3.05) is 5.09 Å². The first kappa shape index (κ1) is 10.6. The highest BCUT2D eigenvalue weighted by Crippen LogP contribution is 2.14. The van der Waals surface area contributed by atoms with Crippen LogP contribution in [0, 0.1) is 0 Å². The van der Waals surface area contributed by atoms with Gasteiger partial charge in [-0.05, 0) is 12.5 Å². The van der Waals surface area contributed by atoms with E-state index in [1.165, 1.54) is 0 Å². The summed E-state index contributed by atoms with van der Waals surface area (Å²) in [5.74, 6) is 0.386. The van der Waals surface area contributed by atoms with E-state index in [2.05, 4.69) is 22.0 Å². The number of halogens is 1. The second-order valence-electron chi connectivity index (χ2n) is 2.49. The summed E-state index contributed by atoms with van der Waals surface area (Å²) in [5.41, 5.74) is 0.892. The summed E-state index contributed by atoms with van der Waals surface area (Å²) < 4.78 is 0. The first-order valence-electron chi connectivity index (χ1n) is 3.95. The van der Waals surface area contributed by atoms with Gasteiger partial charge < -0.3 is 9.98 Å². The molecule has 0 saturated heterocycles. The molecule has 0 spiro atoms. The van der Waals surface area contributed by atoms with Gasteiger partial charge in [0.05, 0.1) is 0 Å². The third-order valence-electron chi connectivity index (χ3n) is 1.42. The maximum atomic E-state index is 8.62. The second-order valence-corrected chi connectivity index (χ2v) is 3.35. The molecule has 1 heterocycles. The second kappa shape index (κ2) is 5.32. The standard InChI is InChI=1S/C7H11ClN3OP/c1-2-3-5-4-6(8)10-7(9-5)11-13-12/h4,12-13H,2-3H2,1H3,(H,9,10,11). The molecule has 0 aliphatic carbocycles. The fourth-order valence-electron chi connectivity index (χ4n) is 0.954. The van der Waals surface area contributed by atoms with Crippen LogP contribution in [0.15, 0.2) is 6.07 Å². The van der Waals surface area contributed by atoms with E-state index in [9.17, 15) is 0 Å². The minimum Gasteiger partial charge on any atom is -0.357 e. The summed E-state index contributed by atoms with van der Waals surface area (Å²) >= 11 is 5.75. The van der Waals surface area contributed by atoms with Gasteiger partial charge in [-0.25, -0.2) is 9.97 Å². The van der Waals surface area contributed by atoms with Crippen LogP contribution in [-0.2, 0) is 6.42 Å². The summed E-state index contributed by atoms with van der Waals surface area (Å²) in [4.78, 5) is 16.7. The van der Waals surface area contributed by atoms with Crippen molar-refractivity contribution in [3.8, 4) is 0 Å². The summed E-state index contributed by atoms with van der Waals surface area (Å²) in [6.07, 6.45) is 1.87. The number of nitrogens with zero attached hydrogens (tertiary/aromatic N) is 2. The molecule has 1 unspecified atom stereocenters. The lowest BCUT2D eigenvalue weighted by molar-refractivity contribution is 0.650. The van der Waals surface area contributed by atoms with Crippen molar-refractivity contribution in [1.29, 1.82) is 0 Å². The van der Waals surface area contributed by atoms with Crippen molar-refractivity contribution < 1.29 is 4.89 Å². The molecule has 72 valence electrons. The molecule has 1 atom stereocenters. The van der Waals surface area contributed by atoms with E-state index in [0.29, 0.717) is 11.1 Å². The number of hydrogen-bond donors (Lipinski definition) is 2. The predicted octanol–water partition coefficient (Wildman–Crippen LogP) is 2.00. The Morgan fingerprint density at radius 3 is 3.00 bits per heavy atom. The van der Waals surface area contributed by atoms with E-state index in [-0.39, 0.29) is 0 Å². The minimum atomic E-state index is -0.404. The lowest BCUT2D eigenvalue weighted by Gasteiger charge is -2.03. The Morgan fingerprint density at radius 1 is 1.62 bits per heavy atom. The molecule has 0 bridgehead atoms. The van der Waals surface area contributed by atoms with E-state index in [1.807, 2.05) is 0 Å². The monoisotopic (exact) mass is 219 g/mol. The third-order valence-corrected chi connectivity index (χ3v) is 1.95. The fraction of sp³-hybridized carbons (Fsp3) is 0.429. The van der Waals surface area contributed by atoms with Crippen molar-refractivity contribution in [2.45, 2.75) is 19.8 Å². The molecule has 6 heteroatoms. The lowest BCUT2D eigenvalue weighted by Crippen LogP contribution is -1.97. The van der Waals surface area contributed by atoms with Gasteiger partial charge in [-0.1, -0.05) is 24.9 Å². The van der Waals surface area contributed by atoms with Gasteiger partial charge in [-0.15, -0.1) is 0 Å². The summed E-state index contributed by atoms with van der Waals surface area (Å²) in [5, 5.41) is 3.03. The van der Waals surface area contributed by atoms with Gasteiger partial charge in [0.2, 0.25) is 5.95 Å². The van der Waals surface area contributed by atoms with Crippen LogP contribution in [0.1, 0.15) is 19.0 Å². The molecule has 1 rings (SSSR count). The molecule has 0 saturated carbocycles. The molecule has 1 aromatic rings. The minimum absolute atomic E-state index is 0.386. The molecule has 0 aromatic carbocycles. The first-order chi connectivity index (χ1) is 6.26. The van der Waals surface area contributed by atoms with Crippen LogP contribution in [0.2, 0.25) is 5.15 Å². The van der Waals surface area contributed by atoms with Crippen molar-refractivity contribution in [2.24, 2.45) is 0 Å². The molecule has 0 aliphatic rings. The highest BCUT2D eigenvalue weighted by atomic mass is 35.5. The third kappa shape index (κ3) is 3.43. The normalized spacial score (nSPS) is 11.0. The van der Waals surface area contributed by atoms with Crippen LogP contribution in [0.4, 0.5) is 5.95 Å². The Hall–Kier alpha value is -0.440. The van der Waals surface area contributed by atoms with Gasteiger partial charge in [0, 0.05) is 5.69 Å². The first-order valence-corrected chi connectivity index (χ1v) is 5.27. The zero-order valence-electron chi connectivity index (χ0n) is 7.21. The Labute approximate surface area is 83.7 Å². The van der Waals surface area contributed by atoms with Gasteiger partial charge >= 0.3 is 0 Å². The maximum absolute atomic E-state index is 8.62. The molecule has 1 aromatic heterocycles. The zero-order valence-corrected chi connectivity index (χ0v) is 8.97. The molecular weight excluding hydrogens is 209 g/mol. The lowest BCUT2D eigenvalue weighted by atomic mass is 10.2. The Balaban J connectivity index is 2.83. The van der Waals surface area contributed by atoms with E-state index in [1.54, 1.807) is 6.07 Å². The molecule has 0 fully saturated rings. The molecular formula is C7H11ClN3OP. The molecule has 0 radical (unpaired) electrons. The predicted molar refractivity (Wildman–Crippen MR) is 55.2 cm³/mol. The van der Waals surface area contributed by atoms with Gasteiger partial charge in [-0.3, -0.25) is 0 Å². The van der Waals surface area contributed by atoms with Gasteiger partial charge in [0.1, 0.15) is 14.1 Å². The van der Waals surface area contributed by atoms with E-state index in [0.717, 1.165) is 18.5 Å². The Bertz CT molecular complexity index is 260. The van der Waals surface area contributed by atoms with E-state index >= 15 is 0 Å². The largest absolute Gasteiger partial charge is 0.357 e. The summed E-state index contributed by atoms with van der Waals surface area (Å²) in [6, 6.07) is 1.73. The number of anilines is 1. The highest BCUT2D eigenvalue weighted by Gasteiger charge is 2.01. The van der Waals surface area contributed by atoms with Crippen molar-refractivity contribution >= 4 is 26.5 Å². The zero-order chi connectivity index (χ0) is 9.68. The quantitative estimate of drug-likeness (QED) is 0.601. The van der Waals surface area contributed by atoms with E-state index in [4.69, 9.17) is 16.5 Å². The topological polar surface area (TPSA) is 58.0 Å². The van der Waals surface area contributed by atoms with Crippen LogP contribution < -0.4 is 5.09 Å². The Kier molecular flexibility index (Phi) is 4.36. The summed E-state index contributed by atoms with van der Waals surface area (Å²) in [7, 11) is -0.404. The molecule has 0 amide bonds. The molecule has 13 heavy (non-hydrogen) atoms. The van der Waals surface area contributed by atoms with Crippen molar-refractivity contribution in [3.05, 3.63) is 16.9 Å². The van der Waals surface area contributed by atoms with Crippen LogP contribution in [0.25, 0.3) is 0 Å². The average molecular weight is 220 g/mol. The number of hydrogen-bond acceptors (Lipinski definition) is 4. The summed E-state index contributed by atoms with van der Waals surface area (Å²) in [6.45, 7) is 2.07. The highest BCUT2D eigenvalue weighted by molar-refractivity contribution is 7.32. The van der Waals surface area contributed by atoms with Gasteiger partial charge in [0.25, 0.3) is 0 Å². The number of nitrogens with one attached hydrogen (secondary N) is 1. The molecule has 4 nitrogen and oxygen atoms in total. The van der Waals surface area contributed by atoms with Crippen LogP contribution in [0.5, 0.6) is 0 Å². The number of aryl methyl sites for hydroxylation is 1. The van der Waals surface area contributed by atoms with Crippen LogP contribution in [-0.4, -0.2) is 14.9 Å². The smallest absolute Gasteiger partial charge is 0.229 e. The van der Waals surface area contributed by atoms with Crippen molar-refractivity contribution in [1.82, 2.24) is 9.97 Å². The SMILES string of the molecule is CCCc1cc(Cl)nc(NPO)n1. The average Bonchev–Trinajstić information content (AvgIpc) is 2.04.